The smallest absolute Gasteiger partial charge is 0.237 e. The second-order valence-electron chi connectivity index (χ2n) is 5.20. The summed E-state index contributed by atoms with van der Waals surface area (Å²) in [6.45, 7) is 6.57. The first kappa shape index (κ1) is 15.8. The number of amides is 1. The molecule has 0 saturated carbocycles. The lowest BCUT2D eigenvalue weighted by Crippen LogP contribution is -2.56. The van der Waals surface area contributed by atoms with Crippen molar-refractivity contribution in [3.05, 3.63) is 29.8 Å². The van der Waals surface area contributed by atoms with E-state index in [-0.39, 0.29) is 24.4 Å². The number of benzene rings is 1. The first-order chi connectivity index (χ1) is 8.58. The van der Waals surface area contributed by atoms with Crippen LogP contribution in [-0.2, 0) is 11.3 Å². The standard InChI is InChI=1S/C14H21N3O.ClH/c1-10(2)13-14(18)16-6-7-17(13)9-11-4-3-5-12(15)8-11;/h3-5,8,10,13H,6-7,9,15H2,1-2H3,(H,16,18);1H. The van der Waals surface area contributed by atoms with Crippen LogP contribution in [-0.4, -0.2) is 29.9 Å². The number of hydrogen-bond acceptors (Lipinski definition) is 3. The topological polar surface area (TPSA) is 58.4 Å². The molecule has 1 aliphatic heterocycles. The molecule has 0 aromatic heterocycles. The zero-order chi connectivity index (χ0) is 13.1. The molecule has 19 heavy (non-hydrogen) atoms. The lowest BCUT2D eigenvalue weighted by Gasteiger charge is -2.37. The van der Waals surface area contributed by atoms with Crippen LogP contribution >= 0.6 is 12.4 Å². The van der Waals surface area contributed by atoms with Gasteiger partial charge in [-0.3, -0.25) is 9.69 Å². The monoisotopic (exact) mass is 283 g/mol. The second-order valence-corrected chi connectivity index (χ2v) is 5.20. The van der Waals surface area contributed by atoms with Crippen LogP contribution in [0.3, 0.4) is 0 Å². The number of carbonyl (C=O) groups excluding carboxylic acids is 1. The van der Waals surface area contributed by atoms with Crippen LogP contribution in [0, 0.1) is 5.92 Å². The van der Waals surface area contributed by atoms with Crippen molar-refractivity contribution in [3.63, 3.8) is 0 Å². The van der Waals surface area contributed by atoms with E-state index in [0.717, 1.165) is 30.9 Å². The molecule has 0 radical (unpaired) electrons. The van der Waals surface area contributed by atoms with E-state index in [2.05, 4.69) is 30.1 Å². The lowest BCUT2D eigenvalue weighted by molar-refractivity contribution is -0.131. The van der Waals surface area contributed by atoms with Crippen LogP contribution in [0.1, 0.15) is 19.4 Å². The van der Waals surface area contributed by atoms with E-state index in [1.807, 2.05) is 18.2 Å². The molecule has 4 nitrogen and oxygen atoms in total. The van der Waals surface area contributed by atoms with E-state index in [4.69, 9.17) is 5.73 Å². The molecule has 1 saturated heterocycles. The van der Waals surface area contributed by atoms with Crippen LogP contribution in [0.2, 0.25) is 0 Å². The van der Waals surface area contributed by atoms with Crippen molar-refractivity contribution in [2.45, 2.75) is 26.4 Å². The van der Waals surface area contributed by atoms with Gasteiger partial charge in [-0.25, -0.2) is 0 Å². The lowest BCUT2D eigenvalue weighted by atomic mass is 9.99. The summed E-state index contributed by atoms with van der Waals surface area (Å²) in [5.74, 6) is 0.450. The van der Waals surface area contributed by atoms with Gasteiger partial charge in [-0.15, -0.1) is 12.4 Å². The largest absolute Gasteiger partial charge is 0.399 e. The number of nitrogen functional groups attached to an aromatic ring is 1. The number of anilines is 1. The normalized spacial score (nSPS) is 19.9. The highest BCUT2D eigenvalue weighted by atomic mass is 35.5. The highest BCUT2D eigenvalue weighted by Crippen LogP contribution is 2.18. The van der Waals surface area contributed by atoms with E-state index in [1.165, 1.54) is 0 Å². The molecular formula is C14H22ClN3O. The Labute approximate surface area is 120 Å². The summed E-state index contributed by atoms with van der Waals surface area (Å²) in [7, 11) is 0. The Kier molecular flexibility index (Phi) is 5.63. The van der Waals surface area contributed by atoms with Gasteiger partial charge in [0.05, 0.1) is 6.04 Å². The SMILES string of the molecule is CC(C)C1C(=O)NCCN1Cc1cccc(N)c1.Cl. The first-order valence-corrected chi connectivity index (χ1v) is 6.44. The van der Waals surface area contributed by atoms with Crippen LogP contribution in [0.4, 0.5) is 5.69 Å². The van der Waals surface area contributed by atoms with Gasteiger partial charge < -0.3 is 11.1 Å². The number of piperazine rings is 1. The molecule has 0 bridgehead atoms. The number of rotatable bonds is 3. The fourth-order valence-electron chi connectivity index (χ4n) is 2.56. The zero-order valence-corrected chi connectivity index (χ0v) is 12.2. The minimum atomic E-state index is -0.0415. The molecular weight excluding hydrogens is 262 g/mol. The van der Waals surface area contributed by atoms with Gasteiger partial charge in [0.15, 0.2) is 0 Å². The van der Waals surface area contributed by atoms with E-state index in [0.29, 0.717) is 5.92 Å². The molecule has 0 aliphatic carbocycles. The average Bonchev–Trinajstić information content (AvgIpc) is 2.28. The van der Waals surface area contributed by atoms with Crippen molar-refractivity contribution in [1.29, 1.82) is 0 Å². The first-order valence-electron chi connectivity index (χ1n) is 6.44. The van der Waals surface area contributed by atoms with E-state index < -0.39 is 0 Å². The molecule has 1 aliphatic rings. The molecule has 1 atom stereocenters. The molecule has 1 aromatic carbocycles. The molecule has 106 valence electrons. The van der Waals surface area contributed by atoms with Gasteiger partial charge in [0.2, 0.25) is 5.91 Å². The van der Waals surface area contributed by atoms with E-state index in [9.17, 15) is 4.79 Å². The van der Waals surface area contributed by atoms with Gasteiger partial charge >= 0.3 is 0 Å². The third-order valence-corrected chi connectivity index (χ3v) is 3.33. The molecule has 1 aromatic rings. The van der Waals surface area contributed by atoms with Crippen molar-refractivity contribution in [3.8, 4) is 0 Å². The molecule has 1 heterocycles. The van der Waals surface area contributed by atoms with Crippen molar-refractivity contribution in [2.24, 2.45) is 5.92 Å². The maximum atomic E-state index is 11.9. The maximum Gasteiger partial charge on any atom is 0.237 e. The third kappa shape index (κ3) is 3.85. The van der Waals surface area contributed by atoms with Crippen molar-refractivity contribution >= 4 is 24.0 Å². The van der Waals surface area contributed by atoms with Crippen LogP contribution in [0.15, 0.2) is 24.3 Å². The summed E-state index contributed by atoms with van der Waals surface area (Å²) in [6, 6.07) is 7.83. The van der Waals surface area contributed by atoms with Crippen molar-refractivity contribution in [2.75, 3.05) is 18.8 Å². The molecule has 2 rings (SSSR count). The maximum absolute atomic E-state index is 11.9. The van der Waals surface area contributed by atoms with Crippen molar-refractivity contribution < 1.29 is 4.79 Å². The molecule has 1 fully saturated rings. The highest BCUT2D eigenvalue weighted by molar-refractivity contribution is 5.85. The summed E-state index contributed by atoms with van der Waals surface area (Å²) in [6.07, 6.45) is 0. The molecule has 1 unspecified atom stereocenters. The summed E-state index contributed by atoms with van der Waals surface area (Å²) in [4.78, 5) is 14.2. The third-order valence-electron chi connectivity index (χ3n) is 3.33. The van der Waals surface area contributed by atoms with Gasteiger partial charge in [-0.1, -0.05) is 26.0 Å². The number of nitrogens with two attached hydrogens (primary N) is 1. The summed E-state index contributed by atoms with van der Waals surface area (Å²) in [5, 5.41) is 2.94. The van der Waals surface area contributed by atoms with Gasteiger partial charge in [0, 0.05) is 25.3 Å². The highest BCUT2D eigenvalue weighted by Gasteiger charge is 2.31. The van der Waals surface area contributed by atoms with E-state index >= 15 is 0 Å². The summed E-state index contributed by atoms with van der Waals surface area (Å²) >= 11 is 0. The number of nitrogens with one attached hydrogen (secondary N) is 1. The average molecular weight is 284 g/mol. The fraction of sp³-hybridized carbons (Fsp3) is 0.500. The van der Waals surface area contributed by atoms with Crippen LogP contribution in [0.5, 0.6) is 0 Å². The van der Waals surface area contributed by atoms with Gasteiger partial charge in [0.1, 0.15) is 0 Å². The van der Waals surface area contributed by atoms with E-state index in [1.54, 1.807) is 0 Å². The Morgan fingerprint density at radius 2 is 2.21 bits per heavy atom. The molecule has 0 spiro atoms. The second kappa shape index (κ2) is 6.78. The van der Waals surface area contributed by atoms with Crippen LogP contribution in [0.25, 0.3) is 0 Å². The minimum absolute atomic E-state index is 0. The Bertz CT molecular complexity index is 436. The molecule has 3 N–H and O–H groups in total. The summed E-state index contributed by atoms with van der Waals surface area (Å²) in [5.41, 5.74) is 7.72. The quantitative estimate of drug-likeness (QED) is 0.830. The predicted molar refractivity (Wildman–Crippen MR) is 80.1 cm³/mol. The number of nitrogens with zero attached hydrogens (tertiary/aromatic N) is 1. The van der Waals surface area contributed by atoms with Gasteiger partial charge in [-0.05, 0) is 23.6 Å². The minimum Gasteiger partial charge on any atom is -0.399 e. The zero-order valence-electron chi connectivity index (χ0n) is 11.4. The Morgan fingerprint density at radius 1 is 1.47 bits per heavy atom. The number of carbonyl (C=O) groups is 1. The molecule has 1 amide bonds. The van der Waals surface area contributed by atoms with Gasteiger partial charge in [-0.2, -0.15) is 0 Å². The number of hydrogen-bond donors (Lipinski definition) is 2. The summed E-state index contributed by atoms with van der Waals surface area (Å²) < 4.78 is 0. The Morgan fingerprint density at radius 3 is 2.84 bits per heavy atom. The Balaban J connectivity index is 0.00000180. The Hall–Kier alpha value is -1.26. The fourth-order valence-corrected chi connectivity index (χ4v) is 2.56. The number of halogens is 1. The van der Waals surface area contributed by atoms with Crippen molar-refractivity contribution in [1.82, 2.24) is 10.2 Å². The van der Waals surface area contributed by atoms with Crippen LogP contribution < -0.4 is 11.1 Å². The predicted octanol–water partition coefficient (Wildman–Crippen LogP) is 1.65. The molecule has 5 heteroatoms. The van der Waals surface area contributed by atoms with Gasteiger partial charge in [0.25, 0.3) is 0 Å².